The van der Waals surface area contributed by atoms with Crippen LogP contribution in [0.25, 0.3) is 0 Å². The molecule has 0 aromatic heterocycles. The van der Waals surface area contributed by atoms with Gasteiger partial charge in [-0.05, 0) is 36.6 Å². The van der Waals surface area contributed by atoms with Gasteiger partial charge in [-0.25, -0.2) is 0 Å². The van der Waals surface area contributed by atoms with Crippen LogP contribution < -0.4 is 10.5 Å². The Morgan fingerprint density at radius 2 is 2.14 bits per heavy atom. The van der Waals surface area contributed by atoms with E-state index in [-0.39, 0.29) is 0 Å². The monoisotopic (exact) mass is 315 g/mol. The highest BCUT2D eigenvalue weighted by molar-refractivity contribution is 8.00. The zero-order valence-electron chi connectivity index (χ0n) is 11.8. The normalized spacial score (nSPS) is 16.5. The molecule has 0 saturated heterocycles. The molecule has 0 amide bonds. The summed E-state index contributed by atoms with van der Waals surface area (Å²) >= 11 is 6.92. The molecule has 0 saturated carbocycles. The van der Waals surface area contributed by atoms with Gasteiger partial charge in [0.1, 0.15) is 17.3 Å². The summed E-state index contributed by atoms with van der Waals surface area (Å²) in [6.45, 7) is 2.73. The third-order valence-electron chi connectivity index (χ3n) is 3.61. The van der Waals surface area contributed by atoms with Crippen molar-refractivity contribution in [1.29, 1.82) is 0 Å². The average Bonchev–Trinajstić information content (AvgIpc) is 2.89. The van der Waals surface area contributed by atoms with E-state index in [4.69, 9.17) is 22.7 Å². The number of thioether (sulfide) groups is 1. The van der Waals surface area contributed by atoms with Gasteiger partial charge in [0, 0.05) is 15.7 Å². The average molecular weight is 315 g/mol. The largest absolute Gasteiger partial charge is 0.492 e. The molecule has 2 aromatic carbocycles. The zero-order chi connectivity index (χ0) is 14.8. The van der Waals surface area contributed by atoms with Gasteiger partial charge in [-0.3, -0.25) is 0 Å². The number of aryl methyl sites for hydroxylation is 1. The van der Waals surface area contributed by atoms with Gasteiger partial charge >= 0.3 is 0 Å². The van der Waals surface area contributed by atoms with Crippen molar-refractivity contribution in [3.05, 3.63) is 59.2 Å². The summed E-state index contributed by atoms with van der Waals surface area (Å²) in [7, 11) is 0. The lowest BCUT2D eigenvalue weighted by Crippen LogP contribution is -2.15. The number of nitrogens with two attached hydrogens (primary N) is 1. The molecule has 2 N–H and O–H groups in total. The van der Waals surface area contributed by atoms with Crippen LogP contribution in [0.3, 0.4) is 0 Å². The SMILES string of the molecule is Cc1ccc(C(N)=S)cc1OCC1Cc2ccccc2S1. The smallest absolute Gasteiger partial charge is 0.122 e. The molecule has 108 valence electrons. The number of hydrogen-bond acceptors (Lipinski definition) is 3. The second-order valence-electron chi connectivity index (χ2n) is 5.21. The van der Waals surface area contributed by atoms with Gasteiger partial charge in [-0.1, -0.05) is 42.5 Å². The van der Waals surface area contributed by atoms with Crippen LogP contribution in [0, 0.1) is 6.92 Å². The summed E-state index contributed by atoms with van der Waals surface area (Å²) in [4.78, 5) is 1.78. The third-order valence-corrected chi connectivity index (χ3v) is 5.14. The molecule has 1 aliphatic rings. The van der Waals surface area contributed by atoms with E-state index in [2.05, 4.69) is 24.3 Å². The molecular weight excluding hydrogens is 298 g/mol. The highest BCUT2D eigenvalue weighted by Gasteiger charge is 2.22. The highest BCUT2D eigenvalue weighted by Crippen LogP contribution is 2.37. The van der Waals surface area contributed by atoms with E-state index in [1.807, 2.05) is 36.9 Å². The molecule has 0 bridgehead atoms. The predicted molar refractivity (Wildman–Crippen MR) is 92.4 cm³/mol. The van der Waals surface area contributed by atoms with Crippen molar-refractivity contribution in [2.24, 2.45) is 5.73 Å². The van der Waals surface area contributed by atoms with Crippen LogP contribution in [0.2, 0.25) is 0 Å². The minimum atomic E-state index is 0.405. The lowest BCUT2D eigenvalue weighted by atomic mass is 10.1. The topological polar surface area (TPSA) is 35.2 Å². The Balaban J connectivity index is 1.67. The second-order valence-corrected chi connectivity index (χ2v) is 6.99. The number of fused-ring (bicyclic) bond motifs is 1. The molecule has 1 heterocycles. The molecule has 1 aliphatic heterocycles. The van der Waals surface area contributed by atoms with Gasteiger partial charge in [0.05, 0.1) is 0 Å². The first-order valence-corrected chi connectivity index (χ1v) is 8.20. The van der Waals surface area contributed by atoms with Crippen LogP contribution in [0.5, 0.6) is 5.75 Å². The van der Waals surface area contributed by atoms with E-state index in [1.165, 1.54) is 10.5 Å². The summed E-state index contributed by atoms with van der Waals surface area (Å²) in [6.07, 6.45) is 1.06. The first-order valence-electron chi connectivity index (χ1n) is 6.91. The number of benzene rings is 2. The van der Waals surface area contributed by atoms with Gasteiger partial charge in [0.15, 0.2) is 0 Å². The Morgan fingerprint density at radius 3 is 2.90 bits per heavy atom. The standard InChI is InChI=1S/C17H17NOS2/c1-11-6-7-13(17(18)20)9-15(11)19-10-14-8-12-4-2-3-5-16(12)21-14/h2-7,9,14H,8,10H2,1H3,(H2,18,20). The van der Waals surface area contributed by atoms with E-state index in [0.717, 1.165) is 23.3 Å². The fourth-order valence-electron chi connectivity index (χ4n) is 2.44. The van der Waals surface area contributed by atoms with Crippen LogP contribution in [0.15, 0.2) is 47.4 Å². The van der Waals surface area contributed by atoms with Crippen LogP contribution in [0.4, 0.5) is 0 Å². The van der Waals surface area contributed by atoms with Gasteiger partial charge < -0.3 is 10.5 Å². The van der Waals surface area contributed by atoms with Crippen molar-refractivity contribution in [3.63, 3.8) is 0 Å². The maximum atomic E-state index is 6.01. The van der Waals surface area contributed by atoms with Gasteiger partial charge in [-0.15, -0.1) is 11.8 Å². The molecular formula is C17H17NOS2. The fraction of sp³-hybridized carbons (Fsp3) is 0.235. The maximum absolute atomic E-state index is 6.01. The lowest BCUT2D eigenvalue weighted by molar-refractivity contribution is 0.315. The van der Waals surface area contributed by atoms with Crippen LogP contribution in [-0.2, 0) is 6.42 Å². The Kier molecular flexibility index (Phi) is 4.17. The van der Waals surface area contributed by atoms with E-state index in [0.29, 0.717) is 16.8 Å². The lowest BCUT2D eigenvalue weighted by Gasteiger charge is -2.14. The second kappa shape index (κ2) is 6.08. The molecule has 0 radical (unpaired) electrons. The number of ether oxygens (including phenoxy) is 1. The third kappa shape index (κ3) is 3.22. The molecule has 4 heteroatoms. The number of rotatable bonds is 4. The van der Waals surface area contributed by atoms with E-state index < -0.39 is 0 Å². The van der Waals surface area contributed by atoms with Crippen molar-refractivity contribution in [1.82, 2.24) is 0 Å². The van der Waals surface area contributed by atoms with E-state index >= 15 is 0 Å². The number of hydrogen-bond donors (Lipinski definition) is 1. The summed E-state index contributed by atoms with van der Waals surface area (Å²) in [5.41, 5.74) is 9.06. The maximum Gasteiger partial charge on any atom is 0.122 e. The van der Waals surface area contributed by atoms with Crippen molar-refractivity contribution in [3.8, 4) is 5.75 Å². The van der Waals surface area contributed by atoms with Crippen molar-refractivity contribution < 1.29 is 4.74 Å². The summed E-state index contributed by atoms with van der Waals surface area (Å²) < 4.78 is 6.01. The summed E-state index contributed by atoms with van der Waals surface area (Å²) in [5, 5.41) is 0.468. The minimum Gasteiger partial charge on any atom is -0.492 e. The molecule has 2 nitrogen and oxygen atoms in total. The molecule has 21 heavy (non-hydrogen) atoms. The van der Waals surface area contributed by atoms with Crippen molar-refractivity contribution in [2.45, 2.75) is 23.5 Å². The zero-order valence-corrected chi connectivity index (χ0v) is 13.5. The molecule has 2 aromatic rings. The summed E-state index contributed by atoms with van der Waals surface area (Å²) in [5.74, 6) is 0.872. The Morgan fingerprint density at radius 1 is 1.33 bits per heavy atom. The molecule has 0 spiro atoms. The van der Waals surface area contributed by atoms with Gasteiger partial charge in [0.2, 0.25) is 0 Å². The van der Waals surface area contributed by atoms with Crippen LogP contribution >= 0.6 is 24.0 Å². The molecule has 1 atom stereocenters. The van der Waals surface area contributed by atoms with Gasteiger partial charge in [-0.2, -0.15) is 0 Å². The van der Waals surface area contributed by atoms with E-state index in [1.54, 1.807) is 0 Å². The number of thiocarbonyl (C=S) groups is 1. The van der Waals surface area contributed by atoms with E-state index in [9.17, 15) is 0 Å². The molecule has 0 fully saturated rings. The highest BCUT2D eigenvalue weighted by atomic mass is 32.2. The predicted octanol–water partition coefficient (Wildman–Crippen LogP) is 3.73. The Hall–Kier alpha value is -1.52. The molecule has 1 unspecified atom stereocenters. The van der Waals surface area contributed by atoms with Gasteiger partial charge in [0.25, 0.3) is 0 Å². The van der Waals surface area contributed by atoms with Crippen LogP contribution in [0.1, 0.15) is 16.7 Å². The van der Waals surface area contributed by atoms with Crippen LogP contribution in [-0.4, -0.2) is 16.8 Å². The minimum absolute atomic E-state index is 0.405. The van der Waals surface area contributed by atoms with Crippen molar-refractivity contribution >= 4 is 29.0 Å². The quantitative estimate of drug-likeness (QED) is 0.872. The molecule has 3 rings (SSSR count). The summed E-state index contributed by atoms with van der Waals surface area (Å²) in [6, 6.07) is 14.4. The molecule has 0 aliphatic carbocycles. The van der Waals surface area contributed by atoms with Crippen molar-refractivity contribution in [2.75, 3.05) is 6.61 Å². The first kappa shape index (κ1) is 14.4. The first-order chi connectivity index (χ1) is 10.1. The Labute approximate surface area is 134 Å². The Bertz CT molecular complexity index is 659. The fourth-order valence-corrected chi connectivity index (χ4v) is 3.78.